The van der Waals surface area contributed by atoms with E-state index in [0.29, 0.717) is 11.7 Å². The molecule has 2 atom stereocenters. The van der Waals surface area contributed by atoms with Crippen LogP contribution < -0.4 is 0 Å². The smallest absolute Gasteiger partial charge is 0.115 e. The molecule has 3 rings (SSSR count). The molecule has 2 aliphatic carbocycles. The Hall–Kier alpha value is -1.24. The molecule has 1 aromatic rings. The minimum atomic E-state index is 0.375. The van der Waals surface area contributed by atoms with Gasteiger partial charge in [0.2, 0.25) is 0 Å². The first-order valence-electron chi connectivity index (χ1n) is 6.80. The Kier molecular flexibility index (Phi) is 2.92. The van der Waals surface area contributed by atoms with E-state index in [9.17, 15) is 5.11 Å². The van der Waals surface area contributed by atoms with Gasteiger partial charge >= 0.3 is 0 Å². The molecular formula is C16H20O. The zero-order valence-corrected chi connectivity index (χ0v) is 10.2. The van der Waals surface area contributed by atoms with E-state index >= 15 is 0 Å². The molecule has 1 saturated carbocycles. The third kappa shape index (κ3) is 2.11. The monoisotopic (exact) mass is 228 g/mol. The first-order valence-corrected chi connectivity index (χ1v) is 6.80. The molecule has 1 N–H and O–H groups in total. The summed E-state index contributed by atoms with van der Waals surface area (Å²) in [4.78, 5) is 0. The van der Waals surface area contributed by atoms with Crippen LogP contribution in [0.15, 0.2) is 36.4 Å². The van der Waals surface area contributed by atoms with Crippen LogP contribution in [0.1, 0.15) is 43.6 Å². The summed E-state index contributed by atoms with van der Waals surface area (Å²) in [6.07, 6.45) is 11.5. The molecule has 1 fully saturated rings. The number of benzene rings is 1. The maximum absolute atomic E-state index is 9.37. The van der Waals surface area contributed by atoms with Crippen molar-refractivity contribution < 1.29 is 5.11 Å². The molecule has 2 unspecified atom stereocenters. The third-order valence-electron chi connectivity index (χ3n) is 4.48. The number of phenolic OH excluding ortho intramolecular Hbond substituents is 1. The van der Waals surface area contributed by atoms with Crippen molar-refractivity contribution in [2.75, 3.05) is 0 Å². The van der Waals surface area contributed by atoms with Crippen molar-refractivity contribution in [2.24, 2.45) is 11.8 Å². The average Bonchev–Trinajstić information content (AvgIpc) is 2.29. The van der Waals surface area contributed by atoms with Gasteiger partial charge in [-0.15, -0.1) is 0 Å². The van der Waals surface area contributed by atoms with E-state index in [0.717, 1.165) is 11.8 Å². The van der Waals surface area contributed by atoms with Gasteiger partial charge in [-0.3, -0.25) is 0 Å². The minimum Gasteiger partial charge on any atom is -0.508 e. The van der Waals surface area contributed by atoms with Gasteiger partial charge in [0, 0.05) is 0 Å². The van der Waals surface area contributed by atoms with Crippen LogP contribution in [0.5, 0.6) is 5.75 Å². The van der Waals surface area contributed by atoms with Crippen LogP contribution in [-0.4, -0.2) is 5.11 Å². The van der Waals surface area contributed by atoms with Crippen molar-refractivity contribution in [3.63, 3.8) is 0 Å². The van der Waals surface area contributed by atoms with Crippen LogP contribution in [-0.2, 0) is 0 Å². The largest absolute Gasteiger partial charge is 0.508 e. The van der Waals surface area contributed by atoms with Crippen LogP contribution in [0.4, 0.5) is 0 Å². The normalized spacial score (nSPS) is 28.9. The number of phenols is 1. The lowest BCUT2D eigenvalue weighted by atomic mass is 9.66. The van der Waals surface area contributed by atoms with E-state index in [1.807, 2.05) is 12.1 Å². The van der Waals surface area contributed by atoms with E-state index in [1.54, 1.807) is 0 Å². The lowest BCUT2D eigenvalue weighted by molar-refractivity contribution is 0.205. The van der Waals surface area contributed by atoms with Crippen LogP contribution in [0.3, 0.4) is 0 Å². The fourth-order valence-corrected chi connectivity index (χ4v) is 3.28. The molecule has 0 aromatic heterocycles. The molecule has 90 valence electrons. The maximum Gasteiger partial charge on any atom is 0.115 e. The molecule has 0 spiro atoms. The van der Waals surface area contributed by atoms with Gasteiger partial charge in [0.1, 0.15) is 5.75 Å². The van der Waals surface area contributed by atoms with Crippen molar-refractivity contribution in [1.82, 2.24) is 0 Å². The van der Waals surface area contributed by atoms with Gasteiger partial charge in [0.25, 0.3) is 0 Å². The number of hydrogen-bond donors (Lipinski definition) is 1. The molecule has 0 heterocycles. The Labute approximate surface area is 103 Å². The maximum atomic E-state index is 9.37. The standard InChI is InChI=1S/C16H20O/c17-14-10-8-13(9-11-14)16-7-2-1-6-15(16)12-4-3-5-12/h1,6,8-12,15-17H,2-5,7H2. The van der Waals surface area contributed by atoms with Crippen molar-refractivity contribution in [1.29, 1.82) is 0 Å². The van der Waals surface area contributed by atoms with Crippen molar-refractivity contribution in [3.8, 4) is 5.75 Å². The fraction of sp³-hybridized carbons (Fsp3) is 0.500. The van der Waals surface area contributed by atoms with Crippen LogP contribution in [0, 0.1) is 11.8 Å². The number of allylic oxidation sites excluding steroid dienone is 2. The zero-order valence-electron chi connectivity index (χ0n) is 10.2. The van der Waals surface area contributed by atoms with Gasteiger partial charge in [-0.25, -0.2) is 0 Å². The van der Waals surface area contributed by atoms with E-state index in [2.05, 4.69) is 24.3 Å². The Morgan fingerprint density at radius 2 is 1.76 bits per heavy atom. The van der Waals surface area contributed by atoms with Gasteiger partial charge < -0.3 is 5.11 Å². The van der Waals surface area contributed by atoms with Gasteiger partial charge in [0.15, 0.2) is 0 Å². The number of aromatic hydroxyl groups is 1. The van der Waals surface area contributed by atoms with Crippen molar-refractivity contribution in [3.05, 3.63) is 42.0 Å². The van der Waals surface area contributed by atoms with E-state index in [1.165, 1.54) is 37.7 Å². The lowest BCUT2D eigenvalue weighted by Gasteiger charge is -2.39. The average molecular weight is 228 g/mol. The minimum absolute atomic E-state index is 0.375. The van der Waals surface area contributed by atoms with Crippen LogP contribution >= 0.6 is 0 Å². The molecule has 0 amide bonds. The third-order valence-corrected chi connectivity index (χ3v) is 4.48. The van der Waals surface area contributed by atoms with Gasteiger partial charge in [-0.1, -0.05) is 30.7 Å². The zero-order chi connectivity index (χ0) is 11.7. The molecule has 0 aliphatic heterocycles. The first-order chi connectivity index (χ1) is 8.34. The molecule has 0 bridgehead atoms. The molecule has 1 aromatic carbocycles. The summed E-state index contributed by atoms with van der Waals surface area (Å²) < 4.78 is 0. The quantitative estimate of drug-likeness (QED) is 0.750. The predicted molar refractivity (Wildman–Crippen MR) is 70.1 cm³/mol. The second-order valence-corrected chi connectivity index (χ2v) is 5.47. The van der Waals surface area contributed by atoms with Gasteiger partial charge in [-0.05, 0) is 61.1 Å². The molecule has 0 saturated heterocycles. The molecule has 17 heavy (non-hydrogen) atoms. The highest BCUT2D eigenvalue weighted by atomic mass is 16.3. The van der Waals surface area contributed by atoms with E-state index in [-0.39, 0.29) is 0 Å². The van der Waals surface area contributed by atoms with Crippen LogP contribution in [0.2, 0.25) is 0 Å². The molecule has 2 aliphatic rings. The summed E-state index contributed by atoms with van der Waals surface area (Å²) in [5.74, 6) is 2.69. The predicted octanol–water partition coefficient (Wildman–Crippen LogP) is 4.24. The summed E-state index contributed by atoms with van der Waals surface area (Å²) in [6.45, 7) is 0. The molecule has 0 radical (unpaired) electrons. The lowest BCUT2D eigenvalue weighted by Crippen LogP contribution is -2.27. The van der Waals surface area contributed by atoms with Crippen molar-refractivity contribution >= 4 is 0 Å². The Bertz CT molecular complexity index is 400. The van der Waals surface area contributed by atoms with Crippen molar-refractivity contribution in [2.45, 2.75) is 38.0 Å². The SMILES string of the molecule is Oc1ccc(C2CCC=CC2C2CCC2)cc1. The molecule has 1 nitrogen and oxygen atoms in total. The van der Waals surface area contributed by atoms with E-state index in [4.69, 9.17) is 0 Å². The van der Waals surface area contributed by atoms with Gasteiger partial charge in [-0.2, -0.15) is 0 Å². The topological polar surface area (TPSA) is 20.2 Å². The second kappa shape index (κ2) is 4.56. The highest BCUT2D eigenvalue weighted by Gasteiger charge is 2.33. The molecular weight excluding hydrogens is 208 g/mol. The molecule has 1 heteroatoms. The highest BCUT2D eigenvalue weighted by molar-refractivity contribution is 5.30. The summed E-state index contributed by atoms with van der Waals surface area (Å²) in [5.41, 5.74) is 1.41. The number of hydrogen-bond acceptors (Lipinski definition) is 1. The Balaban J connectivity index is 1.84. The van der Waals surface area contributed by atoms with Crippen LogP contribution in [0.25, 0.3) is 0 Å². The highest BCUT2D eigenvalue weighted by Crippen LogP contribution is 2.45. The Morgan fingerprint density at radius 3 is 2.41 bits per heavy atom. The summed E-state index contributed by atoms with van der Waals surface area (Å²) in [6, 6.07) is 7.85. The van der Waals surface area contributed by atoms with E-state index < -0.39 is 0 Å². The first kappa shape index (κ1) is 10.9. The second-order valence-electron chi connectivity index (χ2n) is 5.47. The summed E-state index contributed by atoms with van der Waals surface area (Å²) in [7, 11) is 0. The summed E-state index contributed by atoms with van der Waals surface area (Å²) in [5, 5.41) is 9.37. The number of rotatable bonds is 2. The summed E-state index contributed by atoms with van der Waals surface area (Å²) >= 11 is 0. The fourth-order valence-electron chi connectivity index (χ4n) is 3.28. The Morgan fingerprint density at radius 1 is 1.00 bits per heavy atom. The van der Waals surface area contributed by atoms with Gasteiger partial charge in [0.05, 0.1) is 0 Å².